The van der Waals surface area contributed by atoms with Gasteiger partial charge in [0.1, 0.15) is 0 Å². The Morgan fingerprint density at radius 2 is 2.30 bits per heavy atom. The summed E-state index contributed by atoms with van der Waals surface area (Å²) in [5, 5.41) is 2.41. The molecule has 0 atom stereocenters. The van der Waals surface area contributed by atoms with Crippen LogP contribution in [0.3, 0.4) is 0 Å². The van der Waals surface area contributed by atoms with Crippen LogP contribution in [0.25, 0.3) is 0 Å². The molecule has 0 aliphatic rings. The van der Waals surface area contributed by atoms with E-state index in [0.717, 1.165) is 10.2 Å². The lowest BCUT2D eigenvalue weighted by Gasteiger charge is -1.95. The maximum Gasteiger partial charge on any atom is 0.314 e. The van der Waals surface area contributed by atoms with Gasteiger partial charge in [-0.1, -0.05) is 22.0 Å². The van der Waals surface area contributed by atoms with E-state index in [1.165, 1.54) is 0 Å². The van der Waals surface area contributed by atoms with Crippen LogP contribution in [0.4, 0.5) is 5.69 Å². The first kappa shape index (κ1) is 7.28. The fourth-order valence-corrected chi connectivity index (χ4v) is 1.02. The maximum atomic E-state index is 9.83. The summed E-state index contributed by atoms with van der Waals surface area (Å²) < 4.78 is 0.938. The smallest absolute Gasteiger partial charge is 0.314 e. The predicted molar refractivity (Wildman–Crippen MR) is 43.5 cm³/mol. The van der Waals surface area contributed by atoms with E-state index >= 15 is 0 Å². The molecule has 0 heterocycles. The summed E-state index contributed by atoms with van der Waals surface area (Å²) in [6, 6.07) is 7.31. The van der Waals surface area contributed by atoms with Crippen LogP contribution in [0.2, 0.25) is 0 Å². The number of halogens is 1. The fourth-order valence-electron chi connectivity index (χ4n) is 0.625. The third kappa shape index (κ3) is 1.84. The first-order chi connectivity index (χ1) is 4.83. The first-order valence-electron chi connectivity index (χ1n) is 2.71. The van der Waals surface area contributed by atoms with E-state index in [1.807, 2.05) is 12.1 Å². The molecule has 0 fully saturated rings. The standard InChI is InChI=1S/C7H5BrNO/c8-6-2-1-3-7(4-6)9-5-10/h1-4H,(H,9,10). The normalized spacial score (nSPS) is 8.90. The van der Waals surface area contributed by atoms with Crippen LogP contribution in [0, 0.1) is 0 Å². The number of amides is 1. The molecule has 0 saturated carbocycles. The Morgan fingerprint density at radius 3 is 2.90 bits per heavy atom. The van der Waals surface area contributed by atoms with E-state index < -0.39 is 0 Å². The van der Waals surface area contributed by atoms with Crippen molar-refractivity contribution in [1.29, 1.82) is 0 Å². The van der Waals surface area contributed by atoms with Gasteiger partial charge in [-0.25, -0.2) is 0 Å². The summed E-state index contributed by atoms with van der Waals surface area (Å²) >= 11 is 3.26. The van der Waals surface area contributed by atoms with Gasteiger partial charge in [0.15, 0.2) is 0 Å². The van der Waals surface area contributed by atoms with Crippen LogP contribution in [-0.2, 0) is 4.79 Å². The SMILES string of the molecule is O=[C]Nc1cccc(Br)c1. The van der Waals surface area contributed by atoms with Crippen molar-refractivity contribution in [1.82, 2.24) is 0 Å². The van der Waals surface area contributed by atoms with Gasteiger partial charge in [-0.2, -0.15) is 0 Å². The Bertz CT molecular complexity index is 237. The molecule has 1 aromatic rings. The highest BCUT2D eigenvalue weighted by Gasteiger charge is 1.89. The Balaban J connectivity index is 2.84. The maximum absolute atomic E-state index is 9.83. The average Bonchev–Trinajstić information content (AvgIpc) is 1.88. The second kappa shape index (κ2) is 3.37. The van der Waals surface area contributed by atoms with Gasteiger partial charge in [0.2, 0.25) is 0 Å². The van der Waals surface area contributed by atoms with Crippen LogP contribution < -0.4 is 5.32 Å². The molecule has 3 heteroatoms. The van der Waals surface area contributed by atoms with Gasteiger partial charge in [0.05, 0.1) is 0 Å². The van der Waals surface area contributed by atoms with Crippen molar-refractivity contribution in [3.8, 4) is 0 Å². The molecule has 1 amide bonds. The quantitative estimate of drug-likeness (QED) is 0.724. The van der Waals surface area contributed by atoms with Gasteiger partial charge in [0, 0.05) is 10.2 Å². The second-order valence-corrected chi connectivity index (χ2v) is 2.65. The van der Waals surface area contributed by atoms with Gasteiger partial charge < -0.3 is 5.32 Å². The minimum atomic E-state index is 0.740. The third-order valence-electron chi connectivity index (χ3n) is 1.02. The van der Waals surface area contributed by atoms with Crippen molar-refractivity contribution in [2.45, 2.75) is 0 Å². The lowest BCUT2D eigenvalue weighted by molar-refractivity contribution is 0.561. The molecular weight excluding hydrogens is 194 g/mol. The topological polar surface area (TPSA) is 29.1 Å². The van der Waals surface area contributed by atoms with Crippen molar-refractivity contribution in [3.05, 3.63) is 28.7 Å². The molecule has 1 radical (unpaired) electrons. The summed E-state index contributed by atoms with van der Waals surface area (Å²) in [4.78, 5) is 9.83. The van der Waals surface area contributed by atoms with Crippen LogP contribution in [0.5, 0.6) is 0 Å². The van der Waals surface area contributed by atoms with Crippen molar-refractivity contribution in [3.63, 3.8) is 0 Å². The fraction of sp³-hybridized carbons (Fsp3) is 0. The molecule has 2 nitrogen and oxygen atoms in total. The number of hydrogen-bond acceptors (Lipinski definition) is 1. The highest BCUT2D eigenvalue weighted by molar-refractivity contribution is 9.10. The zero-order chi connectivity index (χ0) is 7.40. The summed E-state index contributed by atoms with van der Waals surface area (Å²) in [7, 11) is 0. The van der Waals surface area contributed by atoms with Gasteiger partial charge in [-0.3, -0.25) is 4.79 Å². The Morgan fingerprint density at radius 1 is 1.50 bits per heavy atom. The Hall–Kier alpha value is -0.830. The third-order valence-corrected chi connectivity index (χ3v) is 1.51. The lowest BCUT2D eigenvalue weighted by Crippen LogP contribution is -1.91. The molecule has 0 aliphatic heterocycles. The molecule has 1 rings (SSSR count). The van der Waals surface area contributed by atoms with Crippen LogP contribution in [-0.4, -0.2) is 6.41 Å². The van der Waals surface area contributed by atoms with Gasteiger partial charge in [0.25, 0.3) is 0 Å². The number of hydrogen-bond donors (Lipinski definition) is 1. The first-order valence-corrected chi connectivity index (χ1v) is 3.51. The van der Waals surface area contributed by atoms with Crippen molar-refractivity contribution < 1.29 is 4.79 Å². The van der Waals surface area contributed by atoms with E-state index in [2.05, 4.69) is 21.2 Å². The largest absolute Gasteiger partial charge is 0.318 e. The second-order valence-electron chi connectivity index (χ2n) is 1.74. The van der Waals surface area contributed by atoms with Crippen molar-refractivity contribution in [2.75, 3.05) is 5.32 Å². The molecule has 0 saturated heterocycles. The molecule has 51 valence electrons. The summed E-state index contributed by atoms with van der Waals surface area (Å²) in [5.74, 6) is 0. The molecular formula is C7H5BrNO. The summed E-state index contributed by atoms with van der Waals surface area (Å²) in [6.07, 6.45) is 1.59. The average molecular weight is 199 g/mol. The monoisotopic (exact) mass is 198 g/mol. The zero-order valence-electron chi connectivity index (χ0n) is 5.10. The van der Waals surface area contributed by atoms with Crippen molar-refractivity contribution >= 4 is 28.0 Å². The van der Waals surface area contributed by atoms with E-state index in [1.54, 1.807) is 18.5 Å². The lowest BCUT2D eigenvalue weighted by atomic mass is 10.3. The summed E-state index contributed by atoms with van der Waals surface area (Å²) in [6.45, 7) is 0. The highest BCUT2D eigenvalue weighted by Crippen LogP contribution is 2.14. The molecule has 0 bridgehead atoms. The van der Waals surface area contributed by atoms with Crippen molar-refractivity contribution in [2.24, 2.45) is 0 Å². The zero-order valence-corrected chi connectivity index (χ0v) is 6.68. The molecule has 1 aromatic carbocycles. The Kier molecular flexibility index (Phi) is 2.45. The van der Waals surface area contributed by atoms with E-state index in [0.29, 0.717) is 0 Å². The molecule has 1 N–H and O–H groups in total. The predicted octanol–water partition coefficient (Wildman–Crippen LogP) is 1.93. The Labute approximate surface area is 67.4 Å². The number of anilines is 1. The number of nitrogens with one attached hydrogen (secondary N) is 1. The molecule has 0 spiro atoms. The van der Waals surface area contributed by atoms with E-state index in [9.17, 15) is 4.79 Å². The van der Waals surface area contributed by atoms with E-state index in [4.69, 9.17) is 0 Å². The molecule has 0 aliphatic carbocycles. The molecule has 10 heavy (non-hydrogen) atoms. The minimum absolute atomic E-state index is 0.740. The molecule has 0 unspecified atom stereocenters. The van der Waals surface area contributed by atoms with Crippen LogP contribution in [0.15, 0.2) is 28.7 Å². The van der Waals surface area contributed by atoms with E-state index in [-0.39, 0.29) is 0 Å². The van der Waals surface area contributed by atoms with Crippen LogP contribution in [0.1, 0.15) is 0 Å². The van der Waals surface area contributed by atoms with Gasteiger partial charge in [-0.15, -0.1) is 0 Å². The van der Waals surface area contributed by atoms with Crippen LogP contribution >= 0.6 is 15.9 Å². The van der Waals surface area contributed by atoms with Gasteiger partial charge >= 0.3 is 6.41 Å². The highest BCUT2D eigenvalue weighted by atomic mass is 79.9. The summed E-state index contributed by atoms with van der Waals surface area (Å²) in [5.41, 5.74) is 0.740. The number of benzene rings is 1. The van der Waals surface area contributed by atoms with Gasteiger partial charge in [-0.05, 0) is 18.2 Å². The minimum Gasteiger partial charge on any atom is -0.318 e. The molecule has 0 aromatic heterocycles. The number of rotatable bonds is 2. The number of carbonyl (C=O) groups excluding carboxylic acids is 1.